The van der Waals surface area contributed by atoms with E-state index in [1.165, 1.54) is 6.07 Å². The van der Waals surface area contributed by atoms with Gasteiger partial charge in [-0.25, -0.2) is 0 Å². The molecule has 0 fully saturated rings. The molecule has 10 nitrogen and oxygen atoms in total. The Balaban J connectivity index is 2.09. The summed E-state index contributed by atoms with van der Waals surface area (Å²) >= 11 is 0. The highest BCUT2D eigenvalue weighted by atomic mass is 16.6. The number of aromatic nitrogens is 1. The van der Waals surface area contributed by atoms with Gasteiger partial charge in [0.1, 0.15) is 17.2 Å². The van der Waals surface area contributed by atoms with Crippen molar-refractivity contribution in [3.63, 3.8) is 0 Å². The van der Waals surface area contributed by atoms with Crippen molar-refractivity contribution in [2.24, 2.45) is 5.16 Å². The van der Waals surface area contributed by atoms with Gasteiger partial charge in [-0.2, -0.15) is 0 Å². The quantitative estimate of drug-likeness (QED) is 0.528. The van der Waals surface area contributed by atoms with E-state index in [9.17, 15) is 19.8 Å². The molecule has 1 unspecified atom stereocenters. The van der Waals surface area contributed by atoms with Gasteiger partial charge in [-0.3, -0.25) is 9.59 Å². The number of benzene rings is 1. The number of phenolic OH excluding ortho intramolecular Hbond substituents is 2. The summed E-state index contributed by atoms with van der Waals surface area (Å²) in [6, 6.07) is 2.80. The molecule has 2 heterocycles. The lowest BCUT2D eigenvalue weighted by molar-refractivity contribution is -0.114. The number of hydrogen-bond acceptors (Lipinski definition) is 8. The minimum Gasteiger partial charge on any atom is -0.508 e. The molecular formula is C21H26N4O6. The molecule has 0 aliphatic carbocycles. The molecule has 0 saturated carbocycles. The van der Waals surface area contributed by atoms with E-state index >= 15 is 0 Å². The summed E-state index contributed by atoms with van der Waals surface area (Å²) in [5.74, 6) is -1.08. The second kappa shape index (κ2) is 9.07. The predicted molar refractivity (Wildman–Crippen MR) is 112 cm³/mol. The first-order chi connectivity index (χ1) is 14.8. The third-order valence-electron chi connectivity index (χ3n) is 4.88. The summed E-state index contributed by atoms with van der Waals surface area (Å²) in [6.45, 7) is 8.14. The summed E-state index contributed by atoms with van der Waals surface area (Å²) in [5.41, 5.74) is 1.26. The maximum atomic E-state index is 12.6. The topological polar surface area (TPSA) is 146 Å². The number of amides is 2. The van der Waals surface area contributed by atoms with E-state index in [0.29, 0.717) is 18.7 Å². The smallest absolute Gasteiger partial charge is 0.273 e. The largest absolute Gasteiger partial charge is 0.508 e. The first kappa shape index (κ1) is 22.1. The molecule has 1 aromatic heterocycles. The third-order valence-corrected chi connectivity index (χ3v) is 4.88. The third kappa shape index (κ3) is 4.32. The number of nitrogens with zero attached hydrogens (tertiary/aromatic N) is 2. The molecule has 0 bridgehead atoms. The van der Waals surface area contributed by atoms with Crippen LogP contribution in [0.25, 0.3) is 11.3 Å². The minimum absolute atomic E-state index is 0.0206. The average molecular weight is 430 g/mol. The molecule has 0 spiro atoms. The molecule has 1 atom stereocenters. The van der Waals surface area contributed by atoms with Crippen LogP contribution in [0.4, 0.5) is 0 Å². The number of hydrogen-bond donors (Lipinski definition) is 4. The molecule has 1 aliphatic rings. The maximum Gasteiger partial charge on any atom is 0.273 e. The monoisotopic (exact) mass is 430 g/mol. The molecule has 10 heteroatoms. The van der Waals surface area contributed by atoms with Gasteiger partial charge in [0, 0.05) is 25.6 Å². The SMILES string of the molecule is CCNC(=O)C1=NOC(c2c(C(=O)NCC)noc2-c2cc(C(C)C)c(O)cc2O)C1. The van der Waals surface area contributed by atoms with Crippen LogP contribution in [0.3, 0.4) is 0 Å². The Morgan fingerprint density at radius 2 is 1.81 bits per heavy atom. The highest BCUT2D eigenvalue weighted by Crippen LogP contribution is 2.43. The van der Waals surface area contributed by atoms with Gasteiger partial charge in [0.25, 0.3) is 11.8 Å². The molecule has 2 aromatic rings. The molecule has 166 valence electrons. The van der Waals surface area contributed by atoms with Gasteiger partial charge in [-0.05, 0) is 31.4 Å². The zero-order chi connectivity index (χ0) is 22.7. The Hall–Kier alpha value is -3.56. The number of carbonyl (C=O) groups is 2. The second-order valence-corrected chi connectivity index (χ2v) is 7.41. The van der Waals surface area contributed by atoms with Gasteiger partial charge in [0.05, 0.1) is 11.1 Å². The molecule has 1 aromatic carbocycles. The average Bonchev–Trinajstić information content (AvgIpc) is 3.35. The van der Waals surface area contributed by atoms with Crippen molar-refractivity contribution in [2.75, 3.05) is 13.1 Å². The Morgan fingerprint density at radius 3 is 2.45 bits per heavy atom. The summed E-state index contributed by atoms with van der Waals surface area (Å²) in [4.78, 5) is 30.2. The van der Waals surface area contributed by atoms with Crippen LogP contribution in [0.5, 0.6) is 11.5 Å². The van der Waals surface area contributed by atoms with E-state index in [-0.39, 0.29) is 58.0 Å². The lowest BCUT2D eigenvalue weighted by Gasteiger charge is -2.14. The van der Waals surface area contributed by atoms with Gasteiger partial charge in [0.2, 0.25) is 0 Å². The normalized spacial score (nSPS) is 15.5. The van der Waals surface area contributed by atoms with Crippen LogP contribution in [-0.2, 0) is 9.63 Å². The highest BCUT2D eigenvalue weighted by Gasteiger charge is 2.37. The van der Waals surface area contributed by atoms with E-state index < -0.39 is 12.0 Å². The number of rotatable bonds is 7. The lowest BCUT2D eigenvalue weighted by Crippen LogP contribution is -2.30. The van der Waals surface area contributed by atoms with Crippen molar-refractivity contribution < 1.29 is 29.2 Å². The van der Waals surface area contributed by atoms with Crippen molar-refractivity contribution in [3.8, 4) is 22.8 Å². The van der Waals surface area contributed by atoms with Crippen LogP contribution < -0.4 is 10.6 Å². The Kier molecular flexibility index (Phi) is 6.47. The van der Waals surface area contributed by atoms with Gasteiger partial charge >= 0.3 is 0 Å². The van der Waals surface area contributed by atoms with Crippen molar-refractivity contribution >= 4 is 17.5 Å². The van der Waals surface area contributed by atoms with E-state index in [1.807, 2.05) is 13.8 Å². The summed E-state index contributed by atoms with van der Waals surface area (Å²) in [6.07, 6.45) is -0.713. The fraction of sp³-hybridized carbons (Fsp3) is 0.429. The van der Waals surface area contributed by atoms with Crippen molar-refractivity contribution in [1.29, 1.82) is 0 Å². The van der Waals surface area contributed by atoms with Gasteiger partial charge < -0.3 is 30.2 Å². The fourth-order valence-electron chi connectivity index (χ4n) is 3.37. The predicted octanol–water partition coefficient (Wildman–Crippen LogP) is 2.58. The van der Waals surface area contributed by atoms with Gasteiger partial charge in [0.15, 0.2) is 17.6 Å². The molecule has 0 radical (unpaired) electrons. The van der Waals surface area contributed by atoms with E-state index in [1.54, 1.807) is 19.9 Å². The molecule has 0 saturated heterocycles. The van der Waals surface area contributed by atoms with Crippen LogP contribution in [0.15, 0.2) is 21.8 Å². The minimum atomic E-state index is -0.813. The van der Waals surface area contributed by atoms with Crippen LogP contribution in [0, 0.1) is 0 Å². The van der Waals surface area contributed by atoms with Crippen molar-refractivity contribution in [1.82, 2.24) is 15.8 Å². The standard InChI is InChI=1S/C21H26N4O6/c1-5-22-20(28)13-8-16(30-24-13)17-18(21(29)23-6-2)25-31-19(17)12-7-11(10(3)4)14(26)9-15(12)27/h7,9-10,16,26-27H,5-6,8H2,1-4H3,(H,22,28)(H,23,29). The maximum absolute atomic E-state index is 12.6. The molecule has 31 heavy (non-hydrogen) atoms. The van der Waals surface area contributed by atoms with Gasteiger partial charge in [-0.1, -0.05) is 24.2 Å². The van der Waals surface area contributed by atoms with Crippen molar-refractivity contribution in [2.45, 2.75) is 46.1 Å². The Morgan fingerprint density at radius 1 is 1.13 bits per heavy atom. The van der Waals surface area contributed by atoms with E-state index in [2.05, 4.69) is 20.9 Å². The van der Waals surface area contributed by atoms with Crippen LogP contribution >= 0.6 is 0 Å². The zero-order valence-corrected chi connectivity index (χ0v) is 17.9. The van der Waals surface area contributed by atoms with E-state index in [0.717, 1.165) is 0 Å². The van der Waals surface area contributed by atoms with Crippen LogP contribution in [0.2, 0.25) is 0 Å². The fourth-order valence-corrected chi connectivity index (χ4v) is 3.37. The summed E-state index contributed by atoms with van der Waals surface area (Å²) in [5, 5.41) is 33.7. The first-order valence-electron chi connectivity index (χ1n) is 10.1. The zero-order valence-electron chi connectivity index (χ0n) is 17.9. The van der Waals surface area contributed by atoms with E-state index in [4.69, 9.17) is 9.36 Å². The number of oxime groups is 1. The number of phenols is 2. The highest BCUT2D eigenvalue weighted by molar-refractivity contribution is 6.39. The number of aromatic hydroxyl groups is 2. The first-order valence-corrected chi connectivity index (χ1v) is 10.1. The Bertz CT molecular complexity index is 1030. The van der Waals surface area contributed by atoms with Crippen LogP contribution in [0.1, 0.15) is 67.8 Å². The molecule has 4 N–H and O–H groups in total. The van der Waals surface area contributed by atoms with Crippen LogP contribution in [-0.4, -0.2) is 46.0 Å². The Labute approximate surface area is 179 Å². The van der Waals surface area contributed by atoms with Crippen molar-refractivity contribution in [3.05, 3.63) is 29.0 Å². The number of nitrogens with one attached hydrogen (secondary N) is 2. The second-order valence-electron chi connectivity index (χ2n) is 7.41. The van der Waals surface area contributed by atoms with Gasteiger partial charge in [-0.15, -0.1) is 0 Å². The molecule has 1 aliphatic heterocycles. The molecule has 2 amide bonds. The lowest BCUT2D eigenvalue weighted by atomic mass is 9.94. The summed E-state index contributed by atoms with van der Waals surface area (Å²) in [7, 11) is 0. The summed E-state index contributed by atoms with van der Waals surface area (Å²) < 4.78 is 5.48. The molecule has 3 rings (SSSR count). The number of carbonyl (C=O) groups excluding carboxylic acids is 2. The molecular weight excluding hydrogens is 404 g/mol.